The number of aliphatic carboxylic acids is 1. The summed E-state index contributed by atoms with van der Waals surface area (Å²) in [6.45, 7) is 7.45. The molecule has 1 N–H and O–H groups in total. The van der Waals surface area contributed by atoms with Crippen LogP contribution in [-0.2, 0) is 10.2 Å². The molecule has 1 aliphatic rings. The maximum atomic E-state index is 13.1. The third-order valence-corrected chi connectivity index (χ3v) is 4.18. The smallest absolute Gasteiger partial charge is 0.430 e. The summed E-state index contributed by atoms with van der Waals surface area (Å²) < 4.78 is 44.3. The first-order valence-electron chi connectivity index (χ1n) is 6.86. The van der Waals surface area contributed by atoms with Gasteiger partial charge in [-0.15, -0.1) is 0 Å². The number of ether oxygens (including phenoxy) is 1. The molecule has 0 aliphatic carbocycles. The van der Waals surface area contributed by atoms with E-state index in [9.17, 15) is 18.0 Å². The van der Waals surface area contributed by atoms with Crippen LogP contribution in [0.3, 0.4) is 0 Å². The molecule has 0 aromatic heterocycles. The van der Waals surface area contributed by atoms with Gasteiger partial charge in [-0.05, 0) is 35.6 Å². The molecular weight excluding hydrogens is 333 g/mol. The highest BCUT2D eigenvalue weighted by atomic mass is 35.5. The van der Waals surface area contributed by atoms with Gasteiger partial charge in [0.2, 0.25) is 6.10 Å². The molecule has 0 radical (unpaired) electrons. The molecule has 0 amide bonds. The Morgan fingerprint density at radius 2 is 1.87 bits per heavy atom. The van der Waals surface area contributed by atoms with Crippen molar-refractivity contribution in [1.82, 2.24) is 0 Å². The van der Waals surface area contributed by atoms with Crippen molar-refractivity contribution in [2.45, 2.75) is 45.4 Å². The van der Waals surface area contributed by atoms with E-state index in [0.717, 1.165) is 11.6 Å². The number of rotatable bonds is 1. The van der Waals surface area contributed by atoms with E-state index in [-0.39, 0.29) is 21.8 Å². The fourth-order valence-corrected chi connectivity index (χ4v) is 2.84. The molecule has 1 heterocycles. The number of carboxylic acid groups (broad SMARTS) is 1. The molecule has 2 rings (SSSR count). The van der Waals surface area contributed by atoms with Gasteiger partial charge in [0.05, 0.1) is 10.6 Å². The largest absolute Gasteiger partial charge is 0.478 e. The van der Waals surface area contributed by atoms with E-state index in [1.54, 1.807) is 6.92 Å². The predicted octanol–water partition coefficient (Wildman–Crippen LogP) is 4.74. The molecule has 126 valence electrons. The third kappa shape index (κ3) is 3.17. The molecule has 3 nitrogen and oxygen atoms in total. The molecule has 1 unspecified atom stereocenters. The zero-order valence-electron chi connectivity index (χ0n) is 13.0. The first-order valence-corrected chi connectivity index (χ1v) is 7.23. The van der Waals surface area contributed by atoms with E-state index >= 15 is 0 Å². The molecule has 0 fully saturated rings. The Kier molecular flexibility index (Phi) is 4.18. The molecule has 1 aromatic carbocycles. The Labute approximate surface area is 136 Å². The number of fused-ring (bicyclic) bond motifs is 1. The quantitative estimate of drug-likeness (QED) is 0.797. The van der Waals surface area contributed by atoms with Gasteiger partial charge in [-0.1, -0.05) is 32.4 Å². The minimum Gasteiger partial charge on any atom is -0.478 e. The van der Waals surface area contributed by atoms with E-state index in [2.05, 4.69) is 0 Å². The minimum absolute atomic E-state index is 0.0575. The van der Waals surface area contributed by atoms with Gasteiger partial charge >= 0.3 is 12.1 Å². The highest BCUT2D eigenvalue weighted by Crippen LogP contribution is 2.44. The summed E-state index contributed by atoms with van der Waals surface area (Å²) in [5.41, 5.74) is 0.364. The molecule has 23 heavy (non-hydrogen) atoms. The van der Waals surface area contributed by atoms with Gasteiger partial charge in [-0.2, -0.15) is 13.2 Å². The van der Waals surface area contributed by atoms with Crippen LogP contribution in [0.5, 0.6) is 5.75 Å². The maximum absolute atomic E-state index is 13.1. The lowest BCUT2D eigenvalue weighted by molar-refractivity contribution is -0.187. The Hall–Kier alpha value is -1.69. The van der Waals surface area contributed by atoms with Crippen LogP contribution >= 0.6 is 11.6 Å². The Bertz CT molecular complexity index is 700. The fraction of sp³-hybridized carbons (Fsp3) is 0.438. The number of hydrogen-bond donors (Lipinski definition) is 1. The maximum Gasteiger partial charge on any atom is 0.430 e. The normalized spacial score (nSPS) is 18.1. The number of alkyl halides is 3. The second-order valence-electron chi connectivity index (χ2n) is 6.47. The second-order valence-corrected chi connectivity index (χ2v) is 6.85. The Morgan fingerprint density at radius 1 is 1.30 bits per heavy atom. The zero-order valence-corrected chi connectivity index (χ0v) is 13.8. The molecule has 0 saturated heterocycles. The second kappa shape index (κ2) is 5.44. The number of halogens is 4. The minimum atomic E-state index is -4.83. The average Bonchev–Trinajstić information content (AvgIpc) is 2.39. The first-order chi connectivity index (χ1) is 10.3. The summed E-state index contributed by atoms with van der Waals surface area (Å²) in [5.74, 6) is -1.75. The van der Waals surface area contributed by atoms with Gasteiger partial charge < -0.3 is 9.84 Å². The van der Waals surface area contributed by atoms with Crippen LogP contribution in [0, 0.1) is 6.92 Å². The first kappa shape index (κ1) is 17.7. The lowest BCUT2D eigenvalue weighted by Crippen LogP contribution is -2.40. The van der Waals surface area contributed by atoms with Crippen molar-refractivity contribution >= 4 is 23.6 Å². The van der Waals surface area contributed by atoms with E-state index in [1.165, 1.54) is 6.07 Å². The summed E-state index contributed by atoms with van der Waals surface area (Å²) in [5, 5.41) is 9.25. The van der Waals surface area contributed by atoms with Gasteiger partial charge in [-0.3, -0.25) is 0 Å². The topological polar surface area (TPSA) is 46.5 Å². The SMILES string of the molecule is Cc1c(C(C)(C)C)cc2c(c1Cl)C=C(C(=O)O)C(C(F)(F)F)O2. The summed E-state index contributed by atoms with van der Waals surface area (Å²) in [7, 11) is 0. The van der Waals surface area contributed by atoms with Crippen molar-refractivity contribution in [3.8, 4) is 5.75 Å². The van der Waals surface area contributed by atoms with Crippen molar-refractivity contribution in [1.29, 1.82) is 0 Å². The standard InChI is InChI=1S/C16H16ClF3O3/c1-7-10(15(2,3)4)6-11-8(12(7)17)5-9(14(21)22)13(23-11)16(18,19)20/h5-6,13H,1-4H3,(H,21,22). The lowest BCUT2D eigenvalue weighted by atomic mass is 9.82. The van der Waals surface area contributed by atoms with Crippen LogP contribution in [0.25, 0.3) is 6.08 Å². The molecule has 0 saturated carbocycles. The van der Waals surface area contributed by atoms with E-state index in [0.29, 0.717) is 5.56 Å². The van der Waals surface area contributed by atoms with Crippen LogP contribution < -0.4 is 4.74 Å². The molecule has 1 atom stereocenters. The summed E-state index contributed by atoms with van der Waals surface area (Å²) >= 11 is 6.26. The monoisotopic (exact) mass is 348 g/mol. The number of benzene rings is 1. The van der Waals surface area contributed by atoms with E-state index in [1.807, 2.05) is 20.8 Å². The van der Waals surface area contributed by atoms with Crippen LogP contribution in [0.1, 0.15) is 37.5 Å². The number of hydrogen-bond acceptors (Lipinski definition) is 2. The van der Waals surface area contributed by atoms with Crippen molar-refractivity contribution in [3.63, 3.8) is 0 Å². The lowest BCUT2D eigenvalue weighted by Gasteiger charge is -2.30. The van der Waals surface area contributed by atoms with Crippen LogP contribution in [0.4, 0.5) is 13.2 Å². The summed E-state index contributed by atoms with van der Waals surface area (Å²) in [6, 6.07) is 1.50. The summed E-state index contributed by atoms with van der Waals surface area (Å²) in [6.07, 6.45) is -6.40. The predicted molar refractivity (Wildman–Crippen MR) is 81.0 cm³/mol. The molecule has 1 aromatic rings. The Balaban J connectivity index is 2.72. The van der Waals surface area contributed by atoms with Gasteiger partial charge in [0, 0.05) is 5.56 Å². The average molecular weight is 349 g/mol. The molecule has 1 aliphatic heterocycles. The highest BCUT2D eigenvalue weighted by Gasteiger charge is 2.48. The highest BCUT2D eigenvalue weighted by molar-refractivity contribution is 6.33. The van der Waals surface area contributed by atoms with Crippen LogP contribution in [0.15, 0.2) is 11.6 Å². The van der Waals surface area contributed by atoms with Crippen LogP contribution in [-0.4, -0.2) is 23.4 Å². The van der Waals surface area contributed by atoms with Gasteiger partial charge in [-0.25, -0.2) is 4.79 Å². The van der Waals surface area contributed by atoms with Crippen LogP contribution in [0.2, 0.25) is 5.02 Å². The van der Waals surface area contributed by atoms with Gasteiger partial charge in [0.15, 0.2) is 0 Å². The molecule has 0 spiro atoms. The number of carboxylic acids is 1. The van der Waals surface area contributed by atoms with Crippen molar-refractivity contribution in [2.24, 2.45) is 0 Å². The van der Waals surface area contributed by atoms with Crippen molar-refractivity contribution in [3.05, 3.63) is 33.4 Å². The summed E-state index contributed by atoms with van der Waals surface area (Å²) in [4.78, 5) is 11.2. The van der Waals surface area contributed by atoms with Crippen molar-refractivity contribution < 1.29 is 27.8 Å². The Morgan fingerprint density at radius 3 is 2.30 bits per heavy atom. The van der Waals surface area contributed by atoms with E-state index < -0.39 is 23.8 Å². The zero-order chi connectivity index (χ0) is 17.7. The van der Waals surface area contributed by atoms with Gasteiger partial charge in [0.1, 0.15) is 5.75 Å². The third-order valence-electron chi connectivity index (χ3n) is 3.69. The van der Waals surface area contributed by atoms with E-state index in [4.69, 9.17) is 21.4 Å². The van der Waals surface area contributed by atoms with Gasteiger partial charge in [0.25, 0.3) is 0 Å². The molecule has 0 bridgehead atoms. The van der Waals surface area contributed by atoms with Crippen molar-refractivity contribution in [2.75, 3.05) is 0 Å². The fourth-order valence-electron chi connectivity index (χ4n) is 2.60. The molecular formula is C16H16ClF3O3. The number of carbonyl (C=O) groups is 1. The molecule has 7 heteroatoms.